The molecule has 1 aromatic rings. The van der Waals surface area contributed by atoms with Gasteiger partial charge in [0.15, 0.2) is 17.5 Å². The molecule has 0 aromatic heterocycles. The van der Waals surface area contributed by atoms with Crippen molar-refractivity contribution >= 4 is 29.9 Å². The zero-order valence-electron chi connectivity index (χ0n) is 14.0. The Labute approximate surface area is 160 Å². The first-order valence-electron chi connectivity index (χ1n) is 8.41. The number of likely N-dealkylation sites (tertiary alicyclic amines) is 1. The number of hydrogen-bond donors (Lipinski definition) is 2. The standard InChI is InChI=1S/C17H24N4O2.HI/c1-18-17(20-13-6-7-21(10-13)14-3-4-14)19-9-12-2-5-15-16(8-12)23-11-22-15;/h2,5,8,13-14H,3-4,6-7,9-11H2,1H3,(H2,18,19,20);1H. The molecule has 1 atom stereocenters. The summed E-state index contributed by atoms with van der Waals surface area (Å²) in [4.78, 5) is 6.94. The summed E-state index contributed by atoms with van der Waals surface area (Å²) in [5.41, 5.74) is 1.16. The first kappa shape index (κ1) is 17.6. The third-order valence-electron chi connectivity index (χ3n) is 4.74. The molecule has 132 valence electrons. The van der Waals surface area contributed by atoms with Gasteiger partial charge in [0, 0.05) is 38.8 Å². The highest BCUT2D eigenvalue weighted by atomic mass is 127. The van der Waals surface area contributed by atoms with Gasteiger partial charge in [-0.1, -0.05) is 6.07 Å². The van der Waals surface area contributed by atoms with Gasteiger partial charge in [-0.25, -0.2) is 0 Å². The van der Waals surface area contributed by atoms with Crippen LogP contribution in [0.15, 0.2) is 23.2 Å². The van der Waals surface area contributed by atoms with Crippen molar-refractivity contribution < 1.29 is 9.47 Å². The van der Waals surface area contributed by atoms with E-state index in [1.807, 2.05) is 19.2 Å². The molecule has 4 rings (SSSR count). The molecule has 1 saturated heterocycles. The van der Waals surface area contributed by atoms with E-state index in [2.05, 4.69) is 26.6 Å². The molecule has 2 N–H and O–H groups in total. The molecule has 0 spiro atoms. The molecule has 7 heteroatoms. The molecule has 1 aromatic carbocycles. The number of halogens is 1. The van der Waals surface area contributed by atoms with E-state index in [0.717, 1.165) is 42.2 Å². The molecule has 0 amide bonds. The fourth-order valence-electron chi connectivity index (χ4n) is 3.30. The van der Waals surface area contributed by atoms with E-state index in [1.165, 1.54) is 25.8 Å². The van der Waals surface area contributed by atoms with Gasteiger partial charge in [0.1, 0.15) is 0 Å². The van der Waals surface area contributed by atoms with Crippen molar-refractivity contribution in [3.63, 3.8) is 0 Å². The minimum Gasteiger partial charge on any atom is -0.454 e. The van der Waals surface area contributed by atoms with Crippen LogP contribution in [-0.2, 0) is 6.54 Å². The normalized spacial score (nSPS) is 23.0. The zero-order valence-corrected chi connectivity index (χ0v) is 16.3. The predicted molar refractivity (Wildman–Crippen MR) is 104 cm³/mol. The number of rotatable bonds is 4. The number of benzene rings is 1. The average Bonchev–Trinajstić information content (AvgIpc) is 3.14. The Morgan fingerprint density at radius 2 is 2.08 bits per heavy atom. The summed E-state index contributed by atoms with van der Waals surface area (Å²) in [5.74, 6) is 2.51. The number of aliphatic imine (C=N–C) groups is 1. The van der Waals surface area contributed by atoms with Gasteiger partial charge in [0.05, 0.1) is 0 Å². The Balaban J connectivity index is 0.00000169. The number of hydrogen-bond acceptors (Lipinski definition) is 4. The van der Waals surface area contributed by atoms with Crippen molar-refractivity contribution in [1.82, 2.24) is 15.5 Å². The van der Waals surface area contributed by atoms with Crippen LogP contribution in [0.3, 0.4) is 0 Å². The topological polar surface area (TPSA) is 58.1 Å². The molecular formula is C17H25IN4O2. The van der Waals surface area contributed by atoms with Crippen molar-refractivity contribution in [2.24, 2.45) is 4.99 Å². The number of ether oxygens (including phenoxy) is 2. The third-order valence-corrected chi connectivity index (χ3v) is 4.74. The molecular weight excluding hydrogens is 419 g/mol. The van der Waals surface area contributed by atoms with Crippen molar-refractivity contribution in [3.05, 3.63) is 23.8 Å². The third kappa shape index (κ3) is 4.05. The van der Waals surface area contributed by atoms with Crippen LogP contribution in [0.25, 0.3) is 0 Å². The average molecular weight is 444 g/mol. The highest BCUT2D eigenvalue weighted by Gasteiger charge is 2.34. The lowest BCUT2D eigenvalue weighted by Gasteiger charge is -2.18. The fourth-order valence-corrected chi connectivity index (χ4v) is 3.30. The predicted octanol–water partition coefficient (Wildman–Crippen LogP) is 1.93. The van der Waals surface area contributed by atoms with Gasteiger partial charge < -0.3 is 20.1 Å². The highest BCUT2D eigenvalue weighted by Crippen LogP contribution is 2.32. The first-order valence-corrected chi connectivity index (χ1v) is 8.41. The van der Waals surface area contributed by atoms with E-state index in [0.29, 0.717) is 12.8 Å². The van der Waals surface area contributed by atoms with Crippen LogP contribution in [0, 0.1) is 0 Å². The van der Waals surface area contributed by atoms with Crippen molar-refractivity contribution in [2.45, 2.75) is 37.9 Å². The van der Waals surface area contributed by atoms with Crippen LogP contribution >= 0.6 is 24.0 Å². The first-order chi connectivity index (χ1) is 11.3. The van der Waals surface area contributed by atoms with E-state index in [1.54, 1.807) is 0 Å². The van der Waals surface area contributed by atoms with Gasteiger partial charge in [-0.2, -0.15) is 0 Å². The van der Waals surface area contributed by atoms with Crippen molar-refractivity contribution in [1.29, 1.82) is 0 Å². The summed E-state index contributed by atoms with van der Waals surface area (Å²) in [6.07, 6.45) is 3.95. The van der Waals surface area contributed by atoms with Gasteiger partial charge in [0.2, 0.25) is 6.79 Å². The Bertz CT molecular complexity index is 606. The van der Waals surface area contributed by atoms with Gasteiger partial charge in [-0.3, -0.25) is 9.89 Å². The maximum atomic E-state index is 5.42. The summed E-state index contributed by atoms with van der Waals surface area (Å²) in [5, 5.41) is 6.93. The molecule has 1 aliphatic carbocycles. The summed E-state index contributed by atoms with van der Waals surface area (Å²) in [6.45, 7) is 3.38. The van der Waals surface area contributed by atoms with E-state index in [4.69, 9.17) is 9.47 Å². The van der Waals surface area contributed by atoms with E-state index in [9.17, 15) is 0 Å². The van der Waals surface area contributed by atoms with E-state index in [-0.39, 0.29) is 24.0 Å². The second-order valence-corrected chi connectivity index (χ2v) is 6.47. The summed E-state index contributed by atoms with van der Waals surface area (Å²) in [7, 11) is 1.82. The van der Waals surface area contributed by atoms with E-state index < -0.39 is 0 Å². The minimum absolute atomic E-state index is 0. The van der Waals surface area contributed by atoms with Crippen LogP contribution < -0.4 is 20.1 Å². The molecule has 0 bridgehead atoms. The largest absolute Gasteiger partial charge is 0.454 e. The minimum atomic E-state index is 0. The molecule has 6 nitrogen and oxygen atoms in total. The molecule has 1 unspecified atom stereocenters. The van der Waals surface area contributed by atoms with Gasteiger partial charge >= 0.3 is 0 Å². The molecule has 1 saturated carbocycles. The van der Waals surface area contributed by atoms with Gasteiger partial charge in [0.25, 0.3) is 0 Å². The van der Waals surface area contributed by atoms with Crippen LogP contribution in [0.2, 0.25) is 0 Å². The lowest BCUT2D eigenvalue weighted by Crippen LogP contribution is -2.44. The smallest absolute Gasteiger partial charge is 0.231 e. The lowest BCUT2D eigenvalue weighted by molar-refractivity contribution is 0.174. The Hall–Kier alpha value is -1.22. The summed E-state index contributed by atoms with van der Waals surface area (Å²) < 4.78 is 10.8. The van der Waals surface area contributed by atoms with Crippen LogP contribution in [0.5, 0.6) is 11.5 Å². The molecule has 3 aliphatic rings. The molecule has 2 aliphatic heterocycles. The van der Waals surface area contributed by atoms with Gasteiger partial charge in [-0.05, 0) is 37.0 Å². The quantitative estimate of drug-likeness (QED) is 0.423. The molecule has 0 radical (unpaired) electrons. The van der Waals surface area contributed by atoms with Crippen molar-refractivity contribution in [2.75, 3.05) is 26.9 Å². The Morgan fingerprint density at radius 1 is 1.25 bits per heavy atom. The Kier molecular flexibility index (Phi) is 5.70. The number of fused-ring (bicyclic) bond motifs is 1. The van der Waals surface area contributed by atoms with Gasteiger partial charge in [-0.15, -0.1) is 24.0 Å². The number of nitrogens with one attached hydrogen (secondary N) is 2. The van der Waals surface area contributed by atoms with Crippen molar-refractivity contribution in [3.8, 4) is 11.5 Å². The number of guanidine groups is 1. The van der Waals surface area contributed by atoms with Crippen LogP contribution in [0.4, 0.5) is 0 Å². The summed E-state index contributed by atoms with van der Waals surface area (Å²) in [6, 6.07) is 7.38. The number of nitrogens with zero attached hydrogens (tertiary/aromatic N) is 2. The second kappa shape index (κ2) is 7.77. The molecule has 2 heterocycles. The maximum Gasteiger partial charge on any atom is 0.231 e. The second-order valence-electron chi connectivity index (χ2n) is 6.47. The van der Waals surface area contributed by atoms with E-state index >= 15 is 0 Å². The zero-order chi connectivity index (χ0) is 15.6. The lowest BCUT2D eigenvalue weighted by atomic mass is 10.2. The van der Waals surface area contributed by atoms with Crippen LogP contribution in [0.1, 0.15) is 24.8 Å². The van der Waals surface area contributed by atoms with Crippen LogP contribution in [-0.4, -0.2) is 49.9 Å². The molecule has 24 heavy (non-hydrogen) atoms. The fraction of sp³-hybridized carbons (Fsp3) is 0.588. The highest BCUT2D eigenvalue weighted by molar-refractivity contribution is 14.0. The maximum absolute atomic E-state index is 5.42. The summed E-state index contributed by atoms with van der Waals surface area (Å²) >= 11 is 0. The monoisotopic (exact) mass is 444 g/mol. The SMILES string of the molecule is CN=C(NCc1ccc2c(c1)OCO2)NC1CCN(C2CC2)C1.I. The Morgan fingerprint density at radius 3 is 2.88 bits per heavy atom. The molecule has 2 fully saturated rings.